The quantitative estimate of drug-likeness (QED) is 0.220. The number of rotatable bonds is 6. The molecule has 1 aromatic heterocycles. The Kier molecular flexibility index (Phi) is 8.92. The minimum absolute atomic E-state index is 0.0139. The van der Waals surface area contributed by atoms with Crippen LogP contribution < -0.4 is 16.2 Å². The monoisotopic (exact) mass is 640 g/mol. The molecule has 0 radical (unpaired) electrons. The van der Waals surface area contributed by atoms with E-state index in [0.29, 0.717) is 47.7 Å². The van der Waals surface area contributed by atoms with Gasteiger partial charge in [-0.05, 0) is 104 Å². The van der Waals surface area contributed by atoms with Gasteiger partial charge in [-0.15, -0.1) is 0 Å². The van der Waals surface area contributed by atoms with Crippen molar-refractivity contribution >= 4 is 22.5 Å². The van der Waals surface area contributed by atoms with Crippen LogP contribution in [0.1, 0.15) is 90.4 Å². The van der Waals surface area contributed by atoms with Gasteiger partial charge in [0.05, 0.1) is 16.9 Å². The Bertz CT molecular complexity index is 1670. The summed E-state index contributed by atoms with van der Waals surface area (Å²) in [5.41, 5.74) is 3.12. The smallest absolute Gasteiger partial charge is 0.261 e. The SMILES string of the molecule is CC1CCC(c2nc3cc(NC(=NC4C[C@@H]5C[C@H]([C@@H]4C)C5(C)C)N4CCN[C@@H](C)C4)ccc3c(=O)n2CCc2ccc(F)cc2)CC1. The van der Waals surface area contributed by atoms with Crippen LogP contribution in [0.5, 0.6) is 0 Å². The molecule has 5 fully saturated rings. The number of nitrogens with one attached hydrogen (secondary N) is 2. The summed E-state index contributed by atoms with van der Waals surface area (Å²) in [7, 11) is 0. The average molecular weight is 641 g/mol. The molecule has 7 nitrogen and oxygen atoms in total. The van der Waals surface area contributed by atoms with E-state index >= 15 is 0 Å². The minimum atomic E-state index is -0.242. The van der Waals surface area contributed by atoms with Crippen molar-refractivity contribution in [2.45, 2.75) is 104 Å². The fraction of sp³-hybridized carbons (Fsp3) is 0.615. The van der Waals surface area contributed by atoms with Crippen LogP contribution in [0.3, 0.4) is 0 Å². The van der Waals surface area contributed by atoms with Crippen LogP contribution in [0.15, 0.2) is 52.3 Å². The molecule has 47 heavy (non-hydrogen) atoms. The summed E-state index contributed by atoms with van der Waals surface area (Å²) in [6.07, 6.45) is 7.54. The highest BCUT2D eigenvalue weighted by molar-refractivity contribution is 5.96. The molecule has 1 unspecified atom stereocenters. The number of fused-ring (bicyclic) bond motifs is 3. The molecular formula is C39H53FN6O. The van der Waals surface area contributed by atoms with Crippen LogP contribution in [-0.4, -0.2) is 52.1 Å². The van der Waals surface area contributed by atoms with E-state index in [1.54, 1.807) is 0 Å². The highest BCUT2D eigenvalue weighted by Gasteiger charge is 2.56. The van der Waals surface area contributed by atoms with E-state index in [0.717, 1.165) is 92.1 Å². The van der Waals surface area contributed by atoms with Crippen LogP contribution >= 0.6 is 0 Å². The standard InChI is InChI=1S/C39H53FN6O/c1-24-6-10-28(11-7-24)36-43-35-22-31(14-15-32(35)37(47)46(36)18-16-27-8-12-30(40)13-9-27)42-38(45-19-17-41-25(2)23-45)44-34-21-29-20-33(26(34)3)39(29,4)5/h8-9,12-15,22,24-26,28-29,33-34,41H,6-7,10-11,16-21,23H2,1-5H3,(H,42,44)/t24?,25-,26-,28?,29-,33+,34?/m0/s1. The predicted molar refractivity (Wildman–Crippen MR) is 190 cm³/mol. The lowest BCUT2D eigenvalue weighted by molar-refractivity contribution is -0.108. The zero-order valence-corrected chi connectivity index (χ0v) is 28.9. The van der Waals surface area contributed by atoms with E-state index in [1.807, 2.05) is 28.8 Å². The lowest BCUT2D eigenvalue weighted by atomic mass is 9.45. The number of hydrogen-bond acceptors (Lipinski definition) is 4. The van der Waals surface area contributed by atoms with Crippen LogP contribution in [0.2, 0.25) is 0 Å². The van der Waals surface area contributed by atoms with E-state index < -0.39 is 0 Å². The Balaban J connectivity index is 1.21. The van der Waals surface area contributed by atoms with Crippen molar-refractivity contribution in [3.05, 3.63) is 70.0 Å². The predicted octanol–water partition coefficient (Wildman–Crippen LogP) is 7.20. The zero-order valence-electron chi connectivity index (χ0n) is 28.9. The zero-order chi connectivity index (χ0) is 32.9. The maximum atomic E-state index is 14.1. The number of aryl methyl sites for hydroxylation is 1. The van der Waals surface area contributed by atoms with E-state index in [9.17, 15) is 9.18 Å². The van der Waals surface area contributed by atoms with Crippen LogP contribution in [0, 0.1) is 34.9 Å². The fourth-order valence-electron chi connectivity index (χ4n) is 9.15. The van der Waals surface area contributed by atoms with Crippen molar-refractivity contribution in [1.29, 1.82) is 0 Å². The van der Waals surface area contributed by atoms with Gasteiger partial charge >= 0.3 is 0 Å². The molecule has 1 saturated heterocycles. The normalized spacial score (nSPS) is 30.6. The third kappa shape index (κ3) is 6.47. The number of piperazine rings is 1. The van der Waals surface area contributed by atoms with Gasteiger partial charge in [0.1, 0.15) is 11.6 Å². The second-order valence-electron chi connectivity index (χ2n) is 15.9. The molecule has 1 aliphatic heterocycles. The van der Waals surface area contributed by atoms with E-state index in [4.69, 9.17) is 9.98 Å². The van der Waals surface area contributed by atoms with Crippen LogP contribution in [0.25, 0.3) is 10.9 Å². The third-order valence-electron chi connectivity index (χ3n) is 12.4. The number of halogens is 1. The molecule has 4 saturated carbocycles. The van der Waals surface area contributed by atoms with Gasteiger partial charge in [0.15, 0.2) is 5.96 Å². The van der Waals surface area contributed by atoms with Crippen molar-refractivity contribution < 1.29 is 4.39 Å². The van der Waals surface area contributed by atoms with Gasteiger partial charge in [-0.1, -0.05) is 52.7 Å². The summed E-state index contributed by atoms with van der Waals surface area (Å²) in [6, 6.07) is 13.3. The molecule has 0 spiro atoms. The van der Waals surface area contributed by atoms with Crippen molar-refractivity contribution in [1.82, 2.24) is 19.8 Å². The van der Waals surface area contributed by atoms with Gasteiger partial charge in [-0.25, -0.2) is 14.4 Å². The Morgan fingerprint density at radius 3 is 2.53 bits per heavy atom. The van der Waals surface area contributed by atoms with Gasteiger partial charge in [0.25, 0.3) is 5.56 Å². The molecule has 2 N–H and O–H groups in total. The van der Waals surface area contributed by atoms with Crippen molar-refractivity contribution in [2.24, 2.45) is 34.1 Å². The van der Waals surface area contributed by atoms with Gasteiger partial charge in [0.2, 0.25) is 0 Å². The Hall–Kier alpha value is -3.26. The molecule has 2 bridgehead atoms. The van der Waals surface area contributed by atoms with Gasteiger partial charge < -0.3 is 15.5 Å². The Morgan fingerprint density at radius 2 is 1.83 bits per heavy atom. The number of benzene rings is 2. The van der Waals surface area contributed by atoms with E-state index in [1.165, 1.54) is 18.6 Å². The number of aromatic nitrogens is 2. The minimum Gasteiger partial charge on any atom is -0.340 e. The van der Waals surface area contributed by atoms with Crippen molar-refractivity contribution in [3.8, 4) is 0 Å². The van der Waals surface area contributed by atoms with Crippen LogP contribution in [-0.2, 0) is 13.0 Å². The van der Waals surface area contributed by atoms with E-state index in [-0.39, 0.29) is 17.3 Å². The van der Waals surface area contributed by atoms with Crippen molar-refractivity contribution in [2.75, 3.05) is 25.0 Å². The Labute approximate surface area is 279 Å². The average Bonchev–Trinajstić information content (AvgIpc) is 3.05. The maximum Gasteiger partial charge on any atom is 0.261 e. The number of aliphatic imine (C=N–C) groups is 1. The molecular weight excluding hydrogens is 587 g/mol. The first-order valence-electron chi connectivity index (χ1n) is 18.2. The van der Waals surface area contributed by atoms with Gasteiger partial charge in [0, 0.05) is 43.8 Å². The lowest BCUT2D eigenvalue weighted by Gasteiger charge is -2.61. The molecule has 2 aromatic carbocycles. The lowest BCUT2D eigenvalue weighted by Crippen LogP contribution is -2.57. The topological polar surface area (TPSA) is 74.6 Å². The second kappa shape index (κ2) is 13.0. The fourth-order valence-corrected chi connectivity index (χ4v) is 9.15. The number of guanidine groups is 1. The summed E-state index contributed by atoms with van der Waals surface area (Å²) >= 11 is 0. The molecule has 0 amide bonds. The number of hydrogen-bond donors (Lipinski definition) is 2. The first-order chi connectivity index (χ1) is 22.6. The van der Waals surface area contributed by atoms with E-state index in [2.05, 4.69) is 56.2 Å². The second-order valence-corrected chi connectivity index (χ2v) is 15.9. The summed E-state index contributed by atoms with van der Waals surface area (Å²) < 4.78 is 15.5. The molecule has 8 rings (SSSR count). The summed E-state index contributed by atoms with van der Waals surface area (Å²) in [4.78, 5) is 27.3. The first-order valence-corrected chi connectivity index (χ1v) is 18.2. The molecule has 4 aliphatic carbocycles. The summed E-state index contributed by atoms with van der Waals surface area (Å²) in [5.74, 6) is 4.60. The summed E-state index contributed by atoms with van der Waals surface area (Å²) in [6.45, 7) is 15.1. The van der Waals surface area contributed by atoms with Crippen LogP contribution in [0.4, 0.5) is 10.1 Å². The number of nitrogens with zero attached hydrogens (tertiary/aromatic N) is 4. The highest BCUT2D eigenvalue weighted by Crippen LogP contribution is 2.61. The maximum absolute atomic E-state index is 14.1. The molecule has 8 heteroatoms. The Morgan fingerprint density at radius 1 is 1.06 bits per heavy atom. The molecule has 5 atom stereocenters. The molecule has 2 heterocycles. The summed E-state index contributed by atoms with van der Waals surface area (Å²) in [5, 5.41) is 7.96. The largest absolute Gasteiger partial charge is 0.340 e. The first kappa shape index (κ1) is 32.3. The molecule has 3 aromatic rings. The molecule has 5 aliphatic rings. The van der Waals surface area contributed by atoms with Gasteiger partial charge in [-0.3, -0.25) is 9.36 Å². The van der Waals surface area contributed by atoms with Gasteiger partial charge in [-0.2, -0.15) is 0 Å². The third-order valence-corrected chi connectivity index (χ3v) is 12.4. The highest BCUT2D eigenvalue weighted by atomic mass is 19.1. The van der Waals surface area contributed by atoms with Crippen molar-refractivity contribution in [3.63, 3.8) is 0 Å². The number of anilines is 1. The molecule has 252 valence electrons.